The van der Waals surface area contributed by atoms with E-state index in [1.54, 1.807) is 41.3 Å². The molecule has 21 heavy (non-hydrogen) atoms. The lowest BCUT2D eigenvalue weighted by molar-refractivity contribution is 0.782. The molecule has 2 aromatic heterocycles. The van der Waals surface area contributed by atoms with Gasteiger partial charge in [-0.25, -0.2) is 9.67 Å². The number of nitriles is 1. The normalized spacial score (nSPS) is 9.67. The average molecular weight is 299 g/mol. The van der Waals surface area contributed by atoms with Crippen LogP contribution in [0.15, 0.2) is 48.8 Å². The number of aromatic nitrogens is 4. The summed E-state index contributed by atoms with van der Waals surface area (Å²) in [6.45, 7) is 0. The number of halogens is 1. The van der Waals surface area contributed by atoms with Crippen LogP contribution in [0.3, 0.4) is 0 Å². The van der Waals surface area contributed by atoms with Gasteiger partial charge in [0.1, 0.15) is 5.69 Å². The summed E-state index contributed by atoms with van der Waals surface area (Å²) >= 11 is 0. The van der Waals surface area contributed by atoms with Gasteiger partial charge < -0.3 is 5.73 Å². The number of pyridine rings is 1. The number of nitrogens with two attached hydrogens (primary N) is 1. The maximum atomic E-state index is 8.91. The Balaban J connectivity index is 0.00000161. The van der Waals surface area contributed by atoms with Crippen molar-refractivity contribution in [2.24, 2.45) is 0 Å². The molecule has 0 saturated carbocycles. The van der Waals surface area contributed by atoms with Crippen LogP contribution in [0.2, 0.25) is 0 Å². The molecule has 0 saturated heterocycles. The van der Waals surface area contributed by atoms with E-state index in [4.69, 9.17) is 11.0 Å². The zero-order valence-corrected chi connectivity index (χ0v) is 11.7. The molecule has 0 spiro atoms. The zero-order valence-electron chi connectivity index (χ0n) is 10.8. The van der Waals surface area contributed by atoms with Gasteiger partial charge in [-0.1, -0.05) is 17.3 Å². The molecule has 104 valence electrons. The predicted molar refractivity (Wildman–Crippen MR) is 81.0 cm³/mol. The summed E-state index contributed by atoms with van der Waals surface area (Å²) in [6.07, 6.45) is 3.32. The SMILES string of the molecule is Cl.N#Cc1cccc(-c2cn(-c3ccc(N)cn3)nn2)c1. The second-order valence-electron chi connectivity index (χ2n) is 4.19. The minimum atomic E-state index is 0. The van der Waals surface area contributed by atoms with E-state index >= 15 is 0 Å². The largest absolute Gasteiger partial charge is 0.397 e. The standard InChI is InChI=1S/C14H10N6.ClH/c15-7-10-2-1-3-11(6-10)13-9-20(19-18-13)14-5-4-12(16)8-17-14;/h1-6,8-9H,16H2;1H. The molecule has 3 rings (SSSR count). The molecule has 0 unspecified atom stereocenters. The fourth-order valence-electron chi connectivity index (χ4n) is 1.79. The van der Waals surface area contributed by atoms with Crippen LogP contribution in [0.5, 0.6) is 0 Å². The lowest BCUT2D eigenvalue weighted by Crippen LogP contribution is -1.98. The third kappa shape index (κ3) is 2.99. The van der Waals surface area contributed by atoms with Crippen LogP contribution in [0, 0.1) is 11.3 Å². The van der Waals surface area contributed by atoms with Crippen molar-refractivity contribution in [3.05, 3.63) is 54.4 Å². The lowest BCUT2D eigenvalue weighted by atomic mass is 10.1. The molecule has 2 heterocycles. The van der Waals surface area contributed by atoms with E-state index in [-0.39, 0.29) is 12.4 Å². The molecule has 0 aliphatic carbocycles. The predicted octanol–water partition coefficient (Wildman–Crippen LogP) is 2.20. The van der Waals surface area contributed by atoms with E-state index in [9.17, 15) is 0 Å². The van der Waals surface area contributed by atoms with Gasteiger partial charge in [0.15, 0.2) is 5.82 Å². The van der Waals surface area contributed by atoms with Gasteiger partial charge in [0, 0.05) is 5.56 Å². The number of nitrogen functional groups attached to an aromatic ring is 1. The van der Waals surface area contributed by atoms with Crippen molar-refractivity contribution in [1.29, 1.82) is 5.26 Å². The highest BCUT2D eigenvalue weighted by Gasteiger charge is 2.06. The first kappa shape index (κ1) is 14.5. The van der Waals surface area contributed by atoms with Crippen molar-refractivity contribution in [3.63, 3.8) is 0 Å². The number of benzene rings is 1. The van der Waals surface area contributed by atoms with Crippen molar-refractivity contribution in [2.75, 3.05) is 5.73 Å². The van der Waals surface area contributed by atoms with E-state index in [0.717, 1.165) is 5.56 Å². The summed E-state index contributed by atoms with van der Waals surface area (Å²) in [5.74, 6) is 0.634. The van der Waals surface area contributed by atoms with E-state index in [0.29, 0.717) is 22.8 Å². The fourth-order valence-corrected chi connectivity index (χ4v) is 1.79. The summed E-state index contributed by atoms with van der Waals surface area (Å²) in [6, 6.07) is 12.8. The van der Waals surface area contributed by atoms with E-state index in [1.807, 2.05) is 12.1 Å². The summed E-state index contributed by atoms with van der Waals surface area (Å²) < 4.78 is 1.56. The van der Waals surface area contributed by atoms with Gasteiger partial charge in [-0.05, 0) is 24.3 Å². The Morgan fingerprint density at radius 1 is 1.19 bits per heavy atom. The van der Waals surface area contributed by atoms with Crippen LogP contribution in [-0.2, 0) is 0 Å². The Morgan fingerprint density at radius 3 is 2.76 bits per heavy atom. The number of hydrogen-bond donors (Lipinski definition) is 1. The molecular weight excluding hydrogens is 288 g/mol. The number of anilines is 1. The molecule has 1 aromatic carbocycles. The Morgan fingerprint density at radius 2 is 2.05 bits per heavy atom. The second-order valence-corrected chi connectivity index (χ2v) is 4.19. The highest BCUT2D eigenvalue weighted by Crippen LogP contribution is 2.18. The van der Waals surface area contributed by atoms with E-state index < -0.39 is 0 Å². The van der Waals surface area contributed by atoms with Gasteiger partial charge in [-0.2, -0.15) is 5.26 Å². The average Bonchev–Trinajstić information content (AvgIpc) is 2.98. The lowest BCUT2D eigenvalue weighted by Gasteiger charge is -1.98. The molecular formula is C14H11ClN6. The van der Waals surface area contributed by atoms with Gasteiger partial charge in [-0.3, -0.25) is 0 Å². The van der Waals surface area contributed by atoms with E-state index in [2.05, 4.69) is 21.4 Å². The summed E-state index contributed by atoms with van der Waals surface area (Å²) in [5, 5.41) is 17.0. The molecule has 0 aliphatic rings. The second kappa shape index (κ2) is 6.03. The maximum Gasteiger partial charge on any atom is 0.155 e. The molecule has 6 nitrogen and oxygen atoms in total. The minimum absolute atomic E-state index is 0. The highest BCUT2D eigenvalue weighted by atomic mass is 35.5. The molecule has 0 aliphatic heterocycles. The first-order chi connectivity index (χ1) is 9.76. The fraction of sp³-hybridized carbons (Fsp3) is 0. The number of rotatable bonds is 2. The molecule has 0 amide bonds. The Labute approximate surface area is 127 Å². The first-order valence-corrected chi connectivity index (χ1v) is 5.91. The Bertz CT molecular complexity index is 788. The molecule has 2 N–H and O–H groups in total. The van der Waals surface area contributed by atoms with Crippen LogP contribution in [0.25, 0.3) is 17.1 Å². The van der Waals surface area contributed by atoms with Gasteiger partial charge in [-0.15, -0.1) is 17.5 Å². The Kier molecular flexibility index (Phi) is 4.16. The first-order valence-electron chi connectivity index (χ1n) is 5.91. The van der Waals surface area contributed by atoms with Gasteiger partial charge in [0.2, 0.25) is 0 Å². The third-order valence-corrected chi connectivity index (χ3v) is 2.79. The topological polar surface area (TPSA) is 93.4 Å². The monoisotopic (exact) mass is 298 g/mol. The van der Waals surface area contributed by atoms with Crippen molar-refractivity contribution >= 4 is 18.1 Å². The van der Waals surface area contributed by atoms with Gasteiger partial charge in [0.05, 0.1) is 29.7 Å². The van der Waals surface area contributed by atoms with Crippen LogP contribution in [-0.4, -0.2) is 20.0 Å². The van der Waals surface area contributed by atoms with Gasteiger partial charge in [0.25, 0.3) is 0 Å². The highest BCUT2D eigenvalue weighted by molar-refractivity contribution is 5.85. The molecule has 7 heteroatoms. The van der Waals surface area contributed by atoms with Crippen molar-refractivity contribution in [3.8, 4) is 23.1 Å². The van der Waals surface area contributed by atoms with Crippen LogP contribution in [0.1, 0.15) is 5.56 Å². The van der Waals surface area contributed by atoms with Crippen LogP contribution < -0.4 is 5.73 Å². The zero-order chi connectivity index (χ0) is 13.9. The Hall–Kier alpha value is -2.91. The molecule has 3 aromatic rings. The smallest absolute Gasteiger partial charge is 0.155 e. The minimum Gasteiger partial charge on any atom is -0.397 e. The molecule has 0 radical (unpaired) electrons. The number of nitrogens with zero attached hydrogens (tertiary/aromatic N) is 5. The summed E-state index contributed by atoms with van der Waals surface area (Å²) in [4.78, 5) is 4.17. The maximum absolute atomic E-state index is 8.91. The third-order valence-electron chi connectivity index (χ3n) is 2.79. The van der Waals surface area contributed by atoms with Crippen LogP contribution >= 0.6 is 12.4 Å². The quantitative estimate of drug-likeness (QED) is 0.783. The van der Waals surface area contributed by atoms with Crippen LogP contribution in [0.4, 0.5) is 5.69 Å². The van der Waals surface area contributed by atoms with Crippen molar-refractivity contribution in [2.45, 2.75) is 0 Å². The van der Waals surface area contributed by atoms with E-state index in [1.165, 1.54) is 0 Å². The summed E-state index contributed by atoms with van der Waals surface area (Å²) in [5.41, 5.74) is 8.29. The molecule has 0 atom stereocenters. The molecule has 0 fully saturated rings. The summed E-state index contributed by atoms with van der Waals surface area (Å²) in [7, 11) is 0. The van der Waals surface area contributed by atoms with Crippen molar-refractivity contribution < 1.29 is 0 Å². The number of hydrogen-bond acceptors (Lipinski definition) is 5. The van der Waals surface area contributed by atoms with Crippen molar-refractivity contribution in [1.82, 2.24) is 20.0 Å². The molecule has 0 bridgehead atoms. The van der Waals surface area contributed by atoms with Gasteiger partial charge >= 0.3 is 0 Å².